The van der Waals surface area contributed by atoms with Crippen LogP contribution in [0.4, 0.5) is 5.69 Å². The fourth-order valence-corrected chi connectivity index (χ4v) is 2.41. The third-order valence-corrected chi connectivity index (χ3v) is 3.37. The maximum Gasteiger partial charge on any atom is 0.335 e. The molecule has 4 heteroatoms. The molecule has 3 rings (SSSR count). The summed E-state index contributed by atoms with van der Waals surface area (Å²) in [5, 5.41) is 9.04. The Morgan fingerprint density at radius 3 is 2.90 bits per heavy atom. The van der Waals surface area contributed by atoms with E-state index in [1.165, 1.54) is 0 Å². The summed E-state index contributed by atoms with van der Waals surface area (Å²) in [7, 11) is 0. The molecule has 0 radical (unpaired) electrons. The van der Waals surface area contributed by atoms with Crippen molar-refractivity contribution in [3.8, 4) is 5.75 Å². The lowest BCUT2D eigenvalue weighted by atomic mass is 10.1. The highest BCUT2D eigenvalue weighted by Gasteiger charge is 2.17. The van der Waals surface area contributed by atoms with Crippen LogP contribution in [0.1, 0.15) is 15.9 Å². The number of rotatable bonds is 3. The molecule has 0 unspecified atom stereocenters. The molecule has 1 N–H and O–H groups in total. The predicted molar refractivity (Wildman–Crippen MR) is 76.4 cm³/mol. The molecule has 0 fully saturated rings. The number of aromatic carboxylic acids is 1. The molecule has 1 aliphatic rings. The van der Waals surface area contributed by atoms with Crippen molar-refractivity contribution in [2.75, 3.05) is 18.1 Å². The summed E-state index contributed by atoms with van der Waals surface area (Å²) < 4.78 is 5.62. The minimum absolute atomic E-state index is 0.323. The molecule has 1 heterocycles. The molecule has 0 saturated carbocycles. The molecule has 0 bridgehead atoms. The lowest BCUT2D eigenvalue weighted by molar-refractivity contribution is 0.0696. The van der Waals surface area contributed by atoms with E-state index in [0.717, 1.165) is 23.5 Å². The van der Waals surface area contributed by atoms with Gasteiger partial charge in [0.1, 0.15) is 12.4 Å². The molecule has 4 nitrogen and oxygen atoms in total. The average molecular weight is 269 g/mol. The van der Waals surface area contributed by atoms with Gasteiger partial charge in [0.05, 0.1) is 17.8 Å². The van der Waals surface area contributed by atoms with Crippen LogP contribution < -0.4 is 9.64 Å². The van der Waals surface area contributed by atoms with Gasteiger partial charge in [-0.1, -0.05) is 24.3 Å². The van der Waals surface area contributed by atoms with Crippen molar-refractivity contribution in [1.29, 1.82) is 0 Å². The number of carboxylic acid groups (broad SMARTS) is 1. The molecule has 0 amide bonds. The standard InChI is InChI=1S/C16H15NO3/c18-16(19)13-5-3-4-12(10-13)11-17-8-9-20-15-7-2-1-6-14(15)17/h1-7,10H,8-9,11H2,(H,18,19). The summed E-state index contributed by atoms with van der Waals surface area (Å²) in [6, 6.07) is 15.0. The second kappa shape index (κ2) is 5.25. The monoisotopic (exact) mass is 269 g/mol. The normalized spacial score (nSPS) is 13.5. The molecule has 0 atom stereocenters. The first-order valence-electron chi connectivity index (χ1n) is 6.53. The van der Waals surface area contributed by atoms with Gasteiger partial charge in [0.2, 0.25) is 0 Å². The Balaban J connectivity index is 1.85. The number of hydrogen-bond acceptors (Lipinski definition) is 3. The van der Waals surface area contributed by atoms with E-state index in [9.17, 15) is 4.79 Å². The lowest BCUT2D eigenvalue weighted by Gasteiger charge is -2.31. The number of carboxylic acids is 1. The summed E-state index contributed by atoms with van der Waals surface area (Å²) in [4.78, 5) is 13.2. The van der Waals surface area contributed by atoms with Gasteiger partial charge in [-0.15, -0.1) is 0 Å². The highest BCUT2D eigenvalue weighted by atomic mass is 16.5. The van der Waals surface area contributed by atoms with E-state index < -0.39 is 5.97 Å². The van der Waals surface area contributed by atoms with Crippen molar-refractivity contribution in [3.05, 3.63) is 59.7 Å². The zero-order valence-electron chi connectivity index (χ0n) is 11.0. The topological polar surface area (TPSA) is 49.8 Å². The first-order chi connectivity index (χ1) is 9.74. The predicted octanol–water partition coefficient (Wildman–Crippen LogP) is 2.78. The molecular weight excluding hydrogens is 254 g/mol. The number of benzene rings is 2. The van der Waals surface area contributed by atoms with Gasteiger partial charge >= 0.3 is 5.97 Å². The van der Waals surface area contributed by atoms with Crippen molar-refractivity contribution in [1.82, 2.24) is 0 Å². The number of para-hydroxylation sites is 2. The van der Waals surface area contributed by atoms with E-state index in [-0.39, 0.29) is 0 Å². The maximum absolute atomic E-state index is 11.0. The SMILES string of the molecule is O=C(O)c1cccc(CN2CCOc3ccccc32)c1. The van der Waals surface area contributed by atoms with Crippen LogP contribution in [-0.2, 0) is 6.54 Å². The smallest absolute Gasteiger partial charge is 0.335 e. The van der Waals surface area contributed by atoms with Crippen LogP contribution in [0, 0.1) is 0 Å². The zero-order chi connectivity index (χ0) is 13.9. The Labute approximate surface area is 117 Å². The quantitative estimate of drug-likeness (QED) is 0.930. The van der Waals surface area contributed by atoms with Crippen LogP contribution in [0.2, 0.25) is 0 Å². The largest absolute Gasteiger partial charge is 0.490 e. The highest BCUT2D eigenvalue weighted by molar-refractivity contribution is 5.87. The molecule has 0 spiro atoms. The van der Waals surface area contributed by atoms with E-state index in [1.54, 1.807) is 18.2 Å². The summed E-state index contributed by atoms with van der Waals surface area (Å²) >= 11 is 0. The van der Waals surface area contributed by atoms with Crippen LogP contribution in [0.5, 0.6) is 5.75 Å². The Bertz CT molecular complexity index is 639. The van der Waals surface area contributed by atoms with Crippen LogP contribution in [-0.4, -0.2) is 24.2 Å². The van der Waals surface area contributed by atoms with Gasteiger partial charge in [0, 0.05) is 6.54 Å². The third-order valence-electron chi connectivity index (χ3n) is 3.37. The first-order valence-corrected chi connectivity index (χ1v) is 6.53. The van der Waals surface area contributed by atoms with E-state index in [2.05, 4.69) is 4.90 Å². The van der Waals surface area contributed by atoms with Crippen molar-refractivity contribution in [2.24, 2.45) is 0 Å². The number of nitrogens with zero attached hydrogens (tertiary/aromatic N) is 1. The molecule has 2 aromatic carbocycles. The molecule has 0 saturated heterocycles. The second-order valence-corrected chi connectivity index (χ2v) is 4.74. The molecule has 2 aromatic rings. The molecule has 20 heavy (non-hydrogen) atoms. The number of hydrogen-bond donors (Lipinski definition) is 1. The Kier molecular flexibility index (Phi) is 3.29. The van der Waals surface area contributed by atoms with Gasteiger partial charge in [0.25, 0.3) is 0 Å². The summed E-state index contributed by atoms with van der Waals surface area (Å²) in [5.74, 6) is -0.0117. The van der Waals surface area contributed by atoms with Gasteiger partial charge in [-0.05, 0) is 29.8 Å². The Morgan fingerprint density at radius 2 is 2.05 bits per heavy atom. The van der Waals surface area contributed by atoms with Crippen molar-refractivity contribution in [3.63, 3.8) is 0 Å². The van der Waals surface area contributed by atoms with Crippen LogP contribution in [0.3, 0.4) is 0 Å². The first kappa shape index (κ1) is 12.5. The van der Waals surface area contributed by atoms with E-state index >= 15 is 0 Å². The average Bonchev–Trinajstić information content (AvgIpc) is 2.48. The number of ether oxygens (including phenoxy) is 1. The number of fused-ring (bicyclic) bond motifs is 1. The van der Waals surface area contributed by atoms with Crippen molar-refractivity contribution >= 4 is 11.7 Å². The lowest BCUT2D eigenvalue weighted by Crippen LogP contribution is -2.32. The van der Waals surface area contributed by atoms with E-state index in [0.29, 0.717) is 18.7 Å². The van der Waals surface area contributed by atoms with Crippen molar-refractivity contribution < 1.29 is 14.6 Å². The summed E-state index contributed by atoms with van der Waals surface area (Å²) in [6.07, 6.45) is 0. The van der Waals surface area contributed by atoms with Crippen LogP contribution in [0.15, 0.2) is 48.5 Å². The zero-order valence-corrected chi connectivity index (χ0v) is 11.0. The highest BCUT2D eigenvalue weighted by Crippen LogP contribution is 2.31. The summed E-state index contributed by atoms with van der Waals surface area (Å²) in [5.41, 5.74) is 2.37. The molecule has 1 aliphatic heterocycles. The van der Waals surface area contributed by atoms with Crippen LogP contribution >= 0.6 is 0 Å². The van der Waals surface area contributed by atoms with Crippen molar-refractivity contribution in [2.45, 2.75) is 6.54 Å². The summed E-state index contributed by atoms with van der Waals surface area (Å²) in [6.45, 7) is 2.13. The Morgan fingerprint density at radius 1 is 1.20 bits per heavy atom. The van der Waals surface area contributed by atoms with E-state index in [4.69, 9.17) is 9.84 Å². The molecule has 102 valence electrons. The van der Waals surface area contributed by atoms with Gasteiger partial charge < -0.3 is 14.7 Å². The molecule has 0 aromatic heterocycles. The minimum atomic E-state index is -0.894. The Hall–Kier alpha value is -2.49. The fraction of sp³-hybridized carbons (Fsp3) is 0.188. The van der Waals surface area contributed by atoms with Gasteiger partial charge in [-0.3, -0.25) is 0 Å². The third kappa shape index (κ3) is 2.45. The minimum Gasteiger partial charge on any atom is -0.490 e. The number of anilines is 1. The van der Waals surface area contributed by atoms with Gasteiger partial charge in [0.15, 0.2) is 0 Å². The second-order valence-electron chi connectivity index (χ2n) is 4.74. The van der Waals surface area contributed by atoms with Gasteiger partial charge in [-0.2, -0.15) is 0 Å². The van der Waals surface area contributed by atoms with Crippen LogP contribution in [0.25, 0.3) is 0 Å². The molecule has 0 aliphatic carbocycles. The van der Waals surface area contributed by atoms with Gasteiger partial charge in [-0.25, -0.2) is 4.79 Å². The van der Waals surface area contributed by atoms with E-state index in [1.807, 2.05) is 30.3 Å². The fourth-order valence-electron chi connectivity index (χ4n) is 2.41. The number of carbonyl (C=O) groups is 1. The maximum atomic E-state index is 11.0. The molecular formula is C16H15NO3.